The van der Waals surface area contributed by atoms with Crippen molar-refractivity contribution in [2.45, 2.75) is 25.6 Å². The highest BCUT2D eigenvalue weighted by Crippen LogP contribution is 2.36. The molecule has 0 heterocycles. The fourth-order valence-corrected chi connectivity index (χ4v) is 3.31. The van der Waals surface area contributed by atoms with E-state index >= 15 is 0 Å². The number of halogens is 3. The Labute approximate surface area is 120 Å². The Kier molecular flexibility index (Phi) is 4.04. The standard InChI is InChI=1S/C16H15BrF2/c1-9-5-4-6-10(2)15(9)16(17)12-8-13(18)11(3)7-14(12)19/h4-8,16H,1-3H3. The predicted molar refractivity (Wildman–Crippen MR) is 77.8 cm³/mol. The number of rotatable bonds is 2. The third-order valence-corrected chi connectivity index (χ3v) is 4.30. The van der Waals surface area contributed by atoms with Crippen LogP contribution in [-0.2, 0) is 0 Å². The van der Waals surface area contributed by atoms with Crippen molar-refractivity contribution < 1.29 is 8.78 Å². The van der Waals surface area contributed by atoms with Gasteiger partial charge in [-0.15, -0.1) is 0 Å². The molecular weight excluding hydrogens is 310 g/mol. The largest absolute Gasteiger partial charge is 0.207 e. The Bertz CT molecular complexity index is 600. The van der Waals surface area contributed by atoms with Gasteiger partial charge in [0.2, 0.25) is 0 Å². The van der Waals surface area contributed by atoms with Crippen LogP contribution in [-0.4, -0.2) is 0 Å². The first-order chi connectivity index (χ1) is 8.91. The Morgan fingerprint density at radius 1 is 0.895 bits per heavy atom. The summed E-state index contributed by atoms with van der Waals surface area (Å²) >= 11 is 3.50. The van der Waals surface area contributed by atoms with E-state index in [1.54, 1.807) is 6.92 Å². The topological polar surface area (TPSA) is 0 Å². The Morgan fingerprint density at radius 3 is 2.05 bits per heavy atom. The summed E-state index contributed by atoms with van der Waals surface area (Å²) in [5.41, 5.74) is 3.76. The van der Waals surface area contributed by atoms with E-state index in [2.05, 4.69) is 15.9 Å². The lowest BCUT2D eigenvalue weighted by Crippen LogP contribution is -2.03. The molecule has 2 rings (SSSR count). The van der Waals surface area contributed by atoms with Crippen molar-refractivity contribution in [3.05, 3.63) is 69.8 Å². The second-order valence-electron chi connectivity index (χ2n) is 4.79. The highest BCUT2D eigenvalue weighted by Gasteiger charge is 2.20. The Morgan fingerprint density at radius 2 is 1.47 bits per heavy atom. The number of benzene rings is 2. The van der Waals surface area contributed by atoms with Gasteiger partial charge in [-0.25, -0.2) is 8.78 Å². The molecule has 0 fully saturated rings. The third-order valence-electron chi connectivity index (χ3n) is 3.35. The molecule has 1 atom stereocenters. The summed E-state index contributed by atoms with van der Waals surface area (Å²) in [4.78, 5) is -0.344. The van der Waals surface area contributed by atoms with Gasteiger partial charge in [-0.3, -0.25) is 0 Å². The lowest BCUT2D eigenvalue weighted by Gasteiger charge is -2.17. The van der Waals surface area contributed by atoms with Crippen molar-refractivity contribution in [3.8, 4) is 0 Å². The Hall–Kier alpha value is -1.22. The van der Waals surface area contributed by atoms with Gasteiger partial charge in [0.05, 0.1) is 4.83 Å². The number of hydrogen-bond acceptors (Lipinski definition) is 0. The van der Waals surface area contributed by atoms with Crippen LogP contribution >= 0.6 is 15.9 Å². The third kappa shape index (κ3) is 2.71. The van der Waals surface area contributed by atoms with Gasteiger partial charge in [0.1, 0.15) is 11.6 Å². The molecule has 0 saturated heterocycles. The van der Waals surface area contributed by atoms with Crippen molar-refractivity contribution in [1.29, 1.82) is 0 Å². The van der Waals surface area contributed by atoms with Crippen LogP contribution in [0.25, 0.3) is 0 Å². The summed E-state index contributed by atoms with van der Waals surface area (Å²) in [5, 5.41) is 0. The number of alkyl halides is 1. The molecule has 100 valence electrons. The van der Waals surface area contributed by atoms with E-state index in [1.165, 1.54) is 12.1 Å². The fourth-order valence-electron chi connectivity index (χ4n) is 2.24. The van der Waals surface area contributed by atoms with E-state index in [1.807, 2.05) is 32.0 Å². The minimum absolute atomic E-state index is 0.322. The van der Waals surface area contributed by atoms with E-state index in [0.717, 1.165) is 16.7 Å². The molecule has 19 heavy (non-hydrogen) atoms. The SMILES string of the molecule is Cc1cc(F)c(C(Br)c2c(C)cccc2C)cc1F. The minimum Gasteiger partial charge on any atom is -0.207 e. The monoisotopic (exact) mass is 324 g/mol. The molecule has 0 aliphatic rings. The first-order valence-electron chi connectivity index (χ1n) is 6.07. The first kappa shape index (κ1) is 14.2. The average molecular weight is 325 g/mol. The molecule has 0 amide bonds. The number of hydrogen-bond donors (Lipinski definition) is 0. The van der Waals surface area contributed by atoms with E-state index in [-0.39, 0.29) is 16.5 Å². The molecular formula is C16H15BrF2. The molecule has 0 saturated carbocycles. The van der Waals surface area contributed by atoms with E-state index in [4.69, 9.17) is 0 Å². The highest BCUT2D eigenvalue weighted by molar-refractivity contribution is 9.09. The van der Waals surface area contributed by atoms with Gasteiger partial charge in [-0.1, -0.05) is 34.1 Å². The van der Waals surface area contributed by atoms with Crippen LogP contribution in [0.1, 0.15) is 32.6 Å². The molecule has 3 heteroatoms. The van der Waals surface area contributed by atoms with Crippen LogP contribution in [0.5, 0.6) is 0 Å². The average Bonchev–Trinajstić information content (AvgIpc) is 2.33. The minimum atomic E-state index is -0.386. The maximum atomic E-state index is 14.0. The van der Waals surface area contributed by atoms with Gasteiger partial charge < -0.3 is 0 Å². The van der Waals surface area contributed by atoms with Crippen molar-refractivity contribution in [3.63, 3.8) is 0 Å². The van der Waals surface area contributed by atoms with Crippen molar-refractivity contribution in [1.82, 2.24) is 0 Å². The van der Waals surface area contributed by atoms with Gasteiger partial charge >= 0.3 is 0 Å². The molecule has 0 nitrogen and oxygen atoms in total. The molecule has 0 spiro atoms. The molecule has 2 aromatic rings. The summed E-state index contributed by atoms with van der Waals surface area (Å²) in [6, 6.07) is 8.42. The van der Waals surface area contributed by atoms with Crippen LogP contribution in [0.3, 0.4) is 0 Å². The molecule has 0 radical (unpaired) electrons. The van der Waals surface area contributed by atoms with Crippen molar-refractivity contribution >= 4 is 15.9 Å². The van der Waals surface area contributed by atoms with Gasteiger partial charge in [0.15, 0.2) is 0 Å². The van der Waals surface area contributed by atoms with Crippen LogP contribution < -0.4 is 0 Å². The van der Waals surface area contributed by atoms with Gasteiger partial charge in [0, 0.05) is 5.56 Å². The molecule has 0 N–H and O–H groups in total. The smallest absolute Gasteiger partial charge is 0.128 e. The van der Waals surface area contributed by atoms with Crippen molar-refractivity contribution in [2.75, 3.05) is 0 Å². The number of aryl methyl sites for hydroxylation is 3. The normalized spacial score (nSPS) is 12.5. The van der Waals surface area contributed by atoms with Crippen LogP contribution in [0.15, 0.2) is 30.3 Å². The second-order valence-corrected chi connectivity index (χ2v) is 5.71. The molecule has 0 bridgehead atoms. The maximum Gasteiger partial charge on any atom is 0.128 e. The molecule has 0 aliphatic heterocycles. The van der Waals surface area contributed by atoms with Gasteiger partial charge in [-0.05, 0) is 55.2 Å². The second kappa shape index (κ2) is 5.41. The quantitative estimate of drug-likeness (QED) is 0.651. The summed E-state index contributed by atoms with van der Waals surface area (Å²) in [7, 11) is 0. The highest BCUT2D eigenvalue weighted by atomic mass is 79.9. The van der Waals surface area contributed by atoms with Crippen LogP contribution in [0, 0.1) is 32.4 Å². The van der Waals surface area contributed by atoms with E-state index in [9.17, 15) is 8.78 Å². The van der Waals surface area contributed by atoms with Gasteiger partial charge in [0.25, 0.3) is 0 Å². The van der Waals surface area contributed by atoms with Crippen molar-refractivity contribution in [2.24, 2.45) is 0 Å². The molecule has 2 aromatic carbocycles. The zero-order valence-corrected chi connectivity index (χ0v) is 12.7. The summed E-state index contributed by atoms with van der Waals surface area (Å²) in [6.07, 6.45) is 0. The zero-order valence-electron chi connectivity index (χ0n) is 11.1. The van der Waals surface area contributed by atoms with Gasteiger partial charge in [-0.2, -0.15) is 0 Å². The zero-order chi connectivity index (χ0) is 14.2. The van der Waals surface area contributed by atoms with E-state index < -0.39 is 0 Å². The van der Waals surface area contributed by atoms with Crippen LogP contribution in [0.2, 0.25) is 0 Å². The van der Waals surface area contributed by atoms with E-state index in [0.29, 0.717) is 11.1 Å². The van der Waals surface area contributed by atoms with Crippen LogP contribution in [0.4, 0.5) is 8.78 Å². The molecule has 0 aliphatic carbocycles. The summed E-state index contributed by atoms with van der Waals surface area (Å²) in [5.74, 6) is -0.768. The lowest BCUT2D eigenvalue weighted by molar-refractivity contribution is 0.581. The predicted octanol–water partition coefficient (Wildman–Crippen LogP) is 5.37. The Balaban J connectivity index is 2.56. The first-order valence-corrected chi connectivity index (χ1v) is 6.99. The summed E-state index contributed by atoms with van der Waals surface area (Å²) < 4.78 is 27.7. The lowest BCUT2D eigenvalue weighted by atomic mass is 9.95. The summed E-state index contributed by atoms with van der Waals surface area (Å²) in [6.45, 7) is 5.50. The maximum absolute atomic E-state index is 14.0. The fraction of sp³-hybridized carbons (Fsp3) is 0.250. The molecule has 0 aromatic heterocycles. The molecule has 1 unspecified atom stereocenters.